The topological polar surface area (TPSA) is 31.2 Å². The molecule has 0 saturated carbocycles. The molecule has 1 heterocycles. The van der Waals surface area contributed by atoms with Crippen molar-refractivity contribution in [3.05, 3.63) is 82.9 Å². The number of hydrogen-bond donors (Lipinski definition) is 0. The number of aromatic nitrogens is 1. The molecule has 0 fully saturated rings. The second kappa shape index (κ2) is 5.49. The number of pyridine rings is 1. The lowest BCUT2D eigenvalue weighted by molar-refractivity contribution is 0.415. The first kappa shape index (κ1) is 14.5. The van der Waals surface area contributed by atoms with Crippen LogP contribution in [-0.4, -0.2) is 11.7 Å². The van der Waals surface area contributed by atoms with E-state index in [4.69, 9.17) is 4.74 Å². The fourth-order valence-corrected chi connectivity index (χ4v) is 3.04. The molecule has 1 aromatic heterocycles. The van der Waals surface area contributed by atoms with Crippen LogP contribution < -0.4 is 10.3 Å². The number of halogens is 1. The molecular formula is C20H14FNO2. The summed E-state index contributed by atoms with van der Waals surface area (Å²) in [7, 11) is 1.59. The molecule has 0 aliphatic carbocycles. The Morgan fingerprint density at radius 2 is 1.62 bits per heavy atom. The molecule has 4 heteroatoms. The first-order valence-corrected chi connectivity index (χ1v) is 7.56. The first-order valence-electron chi connectivity index (χ1n) is 7.56. The number of rotatable bonds is 2. The largest absolute Gasteiger partial charge is 0.497 e. The SMILES string of the molecule is COc1ccc(-n2c(=O)c3cc(F)ccc3c3ccccc32)cc1. The second-order valence-corrected chi connectivity index (χ2v) is 5.55. The Kier molecular flexibility index (Phi) is 3.31. The van der Waals surface area contributed by atoms with Crippen LogP contribution in [0.15, 0.2) is 71.5 Å². The van der Waals surface area contributed by atoms with Gasteiger partial charge in [-0.1, -0.05) is 24.3 Å². The summed E-state index contributed by atoms with van der Waals surface area (Å²) in [4.78, 5) is 13.0. The standard InChI is InChI=1S/C20H14FNO2/c1-24-15-9-7-14(8-10-15)22-19-5-3-2-4-17(19)16-11-6-13(21)12-18(16)20(22)23/h2-12H,1H3. The number of fused-ring (bicyclic) bond motifs is 3. The van der Waals surface area contributed by atoms with Crippen molar-refractivity contribution in [3.63, 3.8) is 0 Å². The Morgan fingerprint density at radius 1 is 0.875 bits per heavy atom. The van der Waals surface area contributed by atoms with E-state index in [0.717, 1.165) is 16.3 Å². The predicted octanol–water partition coefficient (Wildman–Crippen LogP) is 4.29. The molecule has 0 unspecified atom stereocenters. The molecule has 0 aliphatic rings. The van der Waals surface area contributed by atoms with Crippen molar-refractivity contribution in [2.45, 2.75) is 0 Å². The van der Waals surface area contributed by atoms with Gasteiger partial charge in [-0.3, -0.25) is 9.36 Å². The number of benzene rings is 3. The van der Waals surface area contributed by atoms with E-state index in [1.807, 2.05) is 36.4 Å². The third kappa shape index (κ3) is 2.15. The zero-order chi connectivity index (χ0) is 16.7. The average molecular weight is 319 g/mol. The molecule has 0 radical (unpaired) electrons. The number of nitrogens with zero attached hydrogens (tertiary/aromatic N) is 1. The fourth-order valence-electron chi connectivity index (χ4n) is 3.04. The summed E-state index contributed by atoms with van der Waals surface area (Å²) in [6.45, 7) is 0. The highest BCUT2D eigenvalue weighted by Gasteiger charge is 2.12. The number of ether oxygens (including phenoxy) is 1. The quantitative estimate of drug-likeness (QED) is 0.516. The van der Waals surface area contributed by atoms with E-state index >= 15 is 0 Å². The second-order valence-electron chi connectivity index (χ2n) is 5.55. The van der Waals surface area contributed by atoms with Crippen molar-refractivity contribution in [2.24, 2.45) is 0 Å². The molecule has 3 aromatic carbocycles. The Bertz CT molecular complexity index is 1110. The molecule has 0 aliphatic heterocycles. The van der Waals surface area contributed by atoms with Gasteiger partial charge in [-0.05, 0) is 47.9 Å². The molecule has 118 valence electrons. The molecule has 0 N–H and O–H groups in total. The molecule has 0 atom stereocenters. The monoisotopic (exact) mass is 319 g/mol. The molecule has 4 rings (SSSR count). The fraction of sp³-hybridized carbons (Fsp3) is 0.0500. The summed E-state index contributed by atoms with van der Waals surface area (Å²) >= 11 is 0. The van der Waals surface area contributed by atoms with Gasteiger partial charge in [0, 0.05) is 11.1 Å². The van der Waals surface area contributed by atoms with Gasteiger partial charge in [-0.25, -0.2) is 4.39 Å². The van der Waals surface area contributed by atoms with Gasteiger partial charge in [-0.2, -0.15) is 0 Å². The van der Waals surface area contributed by atoms with E-state index in [-0.39, 0.29) is 5.56 Å². The minimum absolute atomic E-state index is 0.242. The average Bonchev–Trinajstić information content (AvgIpc) is 2.62. The molecule has 0 bridgehead atoms. The third-order valence-corrected chi connectivity index (χ3v) is 4.18. The van der Waals surface area contributed by atoms with E-state index in [9.17, 15) is 9.18 Å². The Morgan fingerprint density at radius 3 is 2.38 bits per heavy atom. The summed E-state index contributed by atoms with van der Waals surface area (Å²) in [5.41, 5.74) is 1.25. The highest BCUT2D eigenvalue weighted by Crippen LogP contribution is 2.26. The van der Waals surface area contributed by atoms with Crippen LogP contribution >= 0.6 is 0 Å². The summed E-state index contributed by atoms with van der Waals surface area (Å²) < 4.78 is 20.5. The minimum Gasteiger partial charge on any atom is -0.497 e. The highest BCUT2D eigenvalue weighted by atomic mass is 19.1. The van der Waals surface area contributed by atoms with Gasteiger partial charge in [0.1, 0.15) is 11.6 Å². The summed E-state index contributed by atoms with van der Waals surface area (Å²) in [5, 5.41) is 2.02. The maximum atomic E-state index is 13.7. The molecular weight excluding hydrogens is 305 g/mol. The molecule has 0 saturated heterocycles. The zero-order valence-corrected chi connectivity index (χ0v) is 13.0. The Labute approximate surface area is 137 Å². The maximum Gasteiger partial charge on any atom is 0.263 e. The van der Waals surface area contributed by atoms with Crippen molar-refractivity contribution in [1.82, 2.24) is 4.57 Å². The summed E-state index contributed by atoms with van der Waals surface area (Å²) in [6.07, 6.45) is 0. The van der Waals surface area contributed by atoms with Crippen molar-refractivity contribution in [1.29, 1.82) is 0 Å². The van der Waals surface area contributed by atoms with Crippen molar-refractivity contribution >= 4 is 21.7 Å². The van der Waals surface area contributed by atoms with Gasteiger partial charge < -0.3 is 4.74 Å². The third-order valence-electron chi connectivity index (χ3n) is 4.18. The lowest BCUT2D eigenvalue weighted by atomic mass is 10.1. The van der Waals surface area contributed by atoms with Crippen LogP contribution in [0.2, 0.25) is 0 Å². The predicted molar refractivity (Wildman–Crippen MR) is 93.6 cm³/mol. The maximum absolute atomic E-state index is 13.7. The van der Waals surface area contributed by atoms with Gasteiger partial charge in [-0.15, -0.1) is 0 Å². The van der Waals surface area contributed by atoms with Gasteiger partial charge in [0.05, 0.1) is 18.0 Å². The van der Waals surface area contributed by atoms with E-state index in [0.29, 0.717) is 16.8 Å². The van der Waals surface area contributed by atoms with Gasteiger partial charge >= 0.3 is 0 Å². The minimum atomic E-state index is -0.420. The number of hydrogen-bond acceptors (Lipinski definition) is 2. The summed E-state index contributed by atoms with van der Waals surface area (Å²) in [6, 6.07) is 19.2. The van der Waals surface area contributed by atoms with Crippen LogP contribution in [0.1, 0.15) is 0 Å². The zero-order valence-electron chi connectivity index (χ0n) is 13.0. The van der Waals surface area contributed by atoms with Crippen LogP contribution in [-0.2, 0) is 0 Å². The smallest absolute Gasteiger partial charge is 0.263 e. The van der Waals surface area contributed by atoms with Crippen LogP contribution in [0.4, 0.5) is 4.39 Å². The van der Waals surface area contributed by atoms with Crippen LogP contribution in [0, 0.1) is 5.82 Å². The molecule has 4 aromatic rings. The van der Waals surface area contributed by atoms with Crippen LogP contribution in [0.25, 0.3) is 27.4 Å². The molecule has 24 heavy (non-hydrogen) atoms. The van der Waals surface area contributed by atoms with Gasteiger partial charge in [0.15, 0.2) is 0 Å². The first-order chi connectivity index (χ1) is 11.7. The molecule has 3 nitrogen and oxygen atoms in total. The van der Waals surface area contributed by atoms with Crippen LogP contribution in [0.5, 0.6) is 5.75 Å². The number of methoxy groups -OCH3 is 1. The Hall–Kier alpha value is -3.14. The van der Waals surface area contributed by atoms with Crippen molar-refractivity contribution in [3.8, 4) is 11.4 Å². The van der Waals surface area contributed by atoms with E-state index in [1.54, 1.807) is 29.9 Å². The lowest BCUT2D eigenvalue weighted by Crippen LogP contribution is -2.19. The highest BCUT2D eigenvalue weighted by molar-refractivity contribution is 6.06. The molecule has 0 amide bonds. The normalized spacial score (nSPS) is 11.1. The molecule has 0 spiro atoms. The van der Waals surface area contributed by atoms with Gasteiger partial charge in [0.2, 0.25) is 0 Å². The van der Waals surface area contributed by atoms with Crippen LogP contribution in [0.3, 0.4) is 0 Å². The Balaban J connectivity index is 2.16. The van der Waals surface area contributed by atoms with E-state index < -0.39 is 5.82 Å². The van der Waals surface area contributed by atoms with E-state index in [1.165, 1.54) is 12.1 Å². The van der Waals surface area contributed by atoms with Crippen molar-refractivity contribution < 1.29 is 9.13 Å². The number of para-hydroxylation sites is 1. The van der Waals surface area contributed by atoms with E-state index in [2.05, 4.69) is 0 Å². The van der Waals surface area contributed by atoms with Gasteiger partial charge in [0.25, 0.3) is 5.56 Å². The summed E-state index contributed by atoms with van der Waals surface area (Å²) in [5.74, 6) is 0.291. The van der Waals surface area contributed by atoms with Crippen molar-refractivity contribution in [2.75, 3.05) is 7.11 Å². The lowest BCUT2D eigenvalue weighted by Gasteiger charge is -2.13.